The van der Waals surface area contributed by atoms with E-state index in [2.05, 4.69) is 159 Å². The number of rotatable bonds is 4. The number of hydrogen-bond donors (Lipinski definition) is 0. The molecule has 5 nitrogen and oxygen atoms in total. The van der Waals surface area contributed by atoms with Gasteiger partial charge in [-0.05, 0) is 96.1 Å². The van der Waals surface area contributed by atoms with Gasteiger partial charge in [-0.1, -0.05) is 91.0 Å². The summed E-state index contributed by atoms with van der Waals surface area (Å²) in [7, 11) is 0. The van der Waals surface area contributed by atoms with Crippen molar-refractivity contribution < 1.29 is 0 Å². The summed E-state index contributed by atoms with van der Waals surface area (Å²) in [4.78, 5) is 0. The minimum atomic E-state index is 0.580. The number of hydrogen-bond acceptors (Lipinski definition) is 2. The third-order valence-electron chi connectivity index (χ3n) is 11.1. The summed E-state index contributed by atoms with van der Waals surface area (Å²) in [6.45, 7) is 0. The molecule has 0 fully saturated rings. The quantitative estimate of drug-likeness (QED) is 0.184. The van der Waals surface area contributed by atoms with E-state index in [1.165, 1.54) is 32.6 Å². The first-order valence-electron chi connectivity index (χ1n) is 18.3. The lowest BCUT2D eigenvalue weighted by Crippen LogP contribution is -1.97. The average molecular weight is 700 g/mol. The van der Waals surface area contributed by atoms with Gasteiger partial charge in [0, 0.05) is 49.4 Å². The molecule has 0 aliphatic rings. The molecular weight excluding hydrogens is 671 g/mol. The Balaban J connectivity index is 1.07. The van der Waals surface area contributed by atoms with Crippen LogP contribution in [0.3, 0.4) is 0 Å². The Morgan fingerprint density at radius 1 is 0.291 bits per heavy atom. The molecule has 0 saturated heterocycles. The molecule has 3 aromatic heterocycles. The van der Waals surface area contributed by atoms with Crippen molar-refractivity contribution in [2.24, 2.45) is 0 Å². The zero-order chi connectivity index (χ0) is 36.6. The molecular formula is C50H29N5. The van der Waals surface area contributed by atoms with E-state index in [4.69, 9.17) is 0 Å². The van der Waals surface area contributed by atoms with Crippen LogP contribution in [0.15, 0.2) is 176 Å². The molecule has 0 atom stereocenters. The summed E-state index contributed by atoms with van der Waals surface area (Å²) in [5, 5.41) is 26.8. The van der Waals surface area contributed by atoms with Gasteiger partial charge in [0.15, 0.2) is 0 Å². The van der Waals surface area contributed by atoms with E-state index in [1.54, 1.807) is 0 Å². The summed E-state index contributed by atoms with van der Waals surface area (Å²) in [6.07, 6.45) is 0. The molecule has 0 spiro atoms. The molecule has 5 heteroatoms. The lowest BCUT2D eigenvalue weighted by Gasteiger charge is -2.13. The SMILES string of the molecule is N#Cc1cc(-c2ccc(-n3c4ccccc4c4ccc(-n5c6ccccc6c6ccccc65)cc43)cc2)cc(-n2c3ccccc3c3cc(C#N)ccc32)c1. The zero-order valence-corrected chi connectivity index (χ0v) is 29.5. The van der Waals surface area contributed by atoms with Gasteiger partial charge >= 0.3 is 0 Å². The Morgan fingerprint density at radius 3 is 1.35 bits per heavy atom. The van der Waals surface area contributed by atoms with Crippen molar-refractivity contribution in [2.45, 2.75) is 0 Å². The van der Waals surface area contributed by atoms with Crippen molar-refractivity contribution in [3.05, 3.63) is 187 Å². The summed E-state index contributed by atoms with van der Waals surface area (Å²) >= 11 is 0. The van der Waals surface area contributed by atoms with Crippen LogP contribution in [0.25, 0.3) is 93.6 Å². The first-order valence-corrected chi connectivity index (χ1v) is 18.3. The van der Waals surface area contributed by atoms with E-state index in [9.17, 15) is 10.5 Å². The van der Waals surface area contributed by atoms with Crippen LogP contribution in [0.5, 0.6) is 0 Å². The second kappa shape index (κ2) is 11.8. The predicted molar refractivity (Wildman–Crippen MR) is 224 cm³/mol. The Morgan fingerprint density at radius 2 is 0.764 bits per heavy atom. The van der Waals surface area contributed by atoms with Gasteiger partial charge < -0.3 is 13.7 Å². The van der Waals surface area contributed by atoms with E-state index in [-0.39, 0.29) is 0 Å². The van der Waals surface area contributed by atoms with Gasteiger partial charge in [0.2, 0.25) is 0 Å². The summed E-state index contributed by atoms with van der Waals surface area (Å²) in [6, 6.07) is 66.1. The lowest BCUT2D eigenvalue weighted by molar-refractivity contribution is 1.15. The van der Waals surface area contributed by atoms with E-state index in [0.717, 1.165) is 61.0 Å². The van der Waals surface area contributed by atoms with Crippen LogP contribution in [0.1, 0.15) is 11.1 Å². The molecule has 0 aliphatic heterocycles. The van der Waals surface area contributed by atoms with Crippen molar-refractivity contribution in [3.63, 3.8) is 0 Å². The highest BCUT2D eigenvalue weighted by Gasteiger charge is 2.18. The third kappa shape index (κ3) is 4.58. The number of para-hydroxylation sites is 4. The normalized spacial score (nSPS) is 11.6. The molecule has 0 saturated carbocycles. The second-order valence-corrected chi connectivity index (χ2v) is 14.0. The Hall–Kier alpha value is -7.86. The second-order valence-electron chi connectivity index (χ2n) is 14.0. The van der Waals surface area contributed by atoms with Crippen molar-refractivity contribution in [2.75, 3.05) is 0 Å². The summed E-state index contributed by atoms with van der Waals surface area (Å²) in [5.74, 6) is 0. The van der Waals surface area contributed by atoms with Gasteiger partial charge in [0.05, 0.1) is 56.4 Å². The third-order valence-corrected chi connectivity index (χ3v) is 11.1. The first kappa shape index (κ1) is 30.7. The highest BCUT2D eigenvalue weighted by molar-refractivity contribution is 6.12. The number of fused-ring (bicyclic) bond motifs is 9. The van der Waals surface area contributed by atoms with Gasteiger partial charge in [-0.25, -0.2) is 0 Å². The fourth-order valence-corrected chi connectivity index (χ4v) is 8.67. The van der Waals surface area contributed by atoms with E-state index >= 15 is 0 Å². The van der Waals surface area contributed by atoms with E-state index < -0.39 is 0 Å². The largest absolute Gasteiger partial charge is 0.309 e. The maximum Gasteiger partial charge on any atom is 0.0992 e. The average Bonchev–Trinajstić information content (AvgIpc) is 3.88. The summed E-state index contributed by atoms with van der Waals surface area (Å²) < 4.78 is 6.92. The van der Waals surface area contributed by atoms with Crippen LogP contribution >= 0.6 is 0 Å². The highest BCUT2D eigenvalue weighted by Crippen LogP contribution is 2.38. The molecule has 0 radical (unpaired) electrons. The molecule has 8 aromatic carbocycles. The van der Waals surface area contributed by atoms with Gasteiger partial charge in [-0.2, -0.15) is 10.5 Å². The molecule has 0 amide bonds. The van der Waals surface area contributed by atoms with Crippen molar-refractivity contribution in [3.8, 4) is 40.3 Å². The fourth-order valence-electron chi connectivity index (χ4n) is 8.67. The van der Waals surface area contributed by atoms with Crippen LogP contribution in [-0.2, 0) is 0 Å². The molecule has 0 bridgehead atoms. The smallest absolute Gasteiger partial charge is 0.0992 e. The van der Waals surface area contributed by atoms with E-state index in [0.29, 0.717) is 11.1 Å². The minimum Gasteiger partial charge on any atom is -0.309 e. The fraction of sp³-hybridized carbons (Fsp3) is 0. The van der Waals surface area contributed by atoms with Crippen LogP contribution in [0, 0.1) is 22.7 Å². The standard InChI is InChI=1S/C50H29N5/c51-30-32-17-24-49-44(27-32)42-12-4-8-16-48(42)55(49)38-26-33(31-52)25-35(28-38)34-18-20-36(21-19-34)53-45-13-5-3-11-41(45)43-23-22-37(29-50(43)53)54-46-14-6-1-9-39(46)40-10-2-7-15-47(40)54/h1-29H. The molecule has 0 unspecified atom stereocenters. The van der Waals surface area contributed by atoms with Gasteiger partial charge in [0.1, 0.15) is 0 Å². The van der Waals surface area contributed by atoms with Crippen molar-refractivity contribution in [1.82, 2.24) is 13.7 Å². The minimum absolute atomic E-state index is 0.580. The number of nitriles is 2. The number of nitrogens with zero attached hydrogens (tertiary/aromatic N) is 5. The van der Waals surface area contributed by atoms with Gasteiger partial charge in [-0.3, -0.25) is 0 Å². The van der Waals surface area contributed by atoms with Crippen LogP contribution in [0.4, 0.5) is 0 Å². The Labute approximate surface area is 316 Å². The predicted octanol–water partition coefficient (Wildman–Crippen LogP) is 12.4. The molecule has 55 heavy (non-hydrogen) atoms. The lowest BCUT2D eigenvalue weighted by atomic mass is 10.0. The van der Waals surface area contributed by atoms with E-state index in [1.807, 2.05) is 42.5 Å². The van der Waals surface area contributed by atoms with Crippen LogP contribution in [0.2, 0.25) is 0 Å². The maximum atomic E-state index is 10.2. The van der Waals surface area contributed by atoms with Crippen molar-refractivity contribution in [1.29, 1.82) is 10.5 Å². The molecule has 0 N–H and O–H groups in total. The molecule has 0 aliphatic carbocycles. The molecule has 11 rings (SSSR count). The molecule has 254 valence electrons. The number of benzene rings is 8. The van der Waals surface area contributed by atoms with Crippen LogP contribution < -0.4 is 0 Å². The molecule has 3 heterocycles. The molecule has 11 aromatic rings. The Kier molecular flexibility index (Phi) is 6.61. The number of aromatic nitrogens is 3. The Bertz CT molecular complexity index is 3400. The van der Waals surface area contributed by atoms with Gasteiger partial charge in [0.25, 0.3) is 0 Å². The summed E-state index contributed by atoms with van der Waals surface area (Å²) in [5.41, 5.74) is 12.9. The van der Waals surface area contributed by atoms with Crippen LogP contribution in [-0.4, -0.2) is 13.7 Å². The van der Waals surface area contributed by atoms with Gasteiger partial charge in [-0.15, -0.1) is 0 Å². The first-order chi connectivity index (χ1) is 27.2. The zero-order valence-electron chi connectivity index (χ0n) is 29.5. The highest BCUT2D eigenvalue weighted by atomic mass is 15.0. The topological polar surface area (TPSA) is 62.4 Å². The van der Waals surface area contributed by atoms with Crippen molar-refractivity contribution >= 4 is 65.4 Å². The monoisotopic (exact) mass is 699 g/mol. The maximum absolute atomic E-state index is 10.2.